The predicted molar refractivity (Wildman–Crippen MR) is 197 cm³/mol. The molecular formula is C36H40Cl4N4O4. The number of rotatable bonds is 17. The van der Waals surface area contributed by atoms with Crippen LogP contribution in [-0.4, -0.2) is 21.4 Å². The van der Waals surface area contributed by atoms with Crippen molar-refractivity contribution >= 4 is 75.6 Å². The van der Waals surface area contributed by atoms with Gasteiger partial charge in [-0.3, -0.25) is 9.59 Å². The number of amides is 1. The third-order valence-electron chi connectivity index (χ3n) is 7.73. The standard InChI is InChI=1S/C36H40Cl4N4O4/c1-2-3-4-5-6-7-8-9-10-11-15-18-33(45)41-26-19-20-28(38)31(23-26)42-32-24-34(46)44(35-29(39)21-25(37)22-30(35)40)43(32)36(47)48-27-16-13-12-14-17-27/h12-14,16-17,19-24,42H,2-11,15,18H2,1H3,(H,41,45). The Labute approximate surface area is 301 Å². The number of unbranched alkanes of at least 4 members (excludes halogenated alkanes) is 10. The van der Waals surface area contributed by atoms with Gasteiger partial charge in [0.2, 0.25) is 5.91 Å². The van der Waals surface area contributed by atoms with E-state index < -0.39 is 11.7 Å². The second kappa shape index (κ2) is 18.9. The number of hydrogen-bond donors (Lipinski definition) is 2. The monoisotopic (exact) mass is 732 g/mol. The first-order valence-corrected chi connectivity index (χ1v) is 17.8. The van der Waals surface area contributed by atoms with Crippen LogP contribution in [0.5, 0.6) is 5.75 Å². The summed E-state index contributed by atoms with van der Waals surface area (Å²) in [6.07, 6.45) is 12.7. The van der Waals surface area contributed by atoms with E-state index in [-0.39, 0.29) is 43.3 Å². The summed E-state index contributed by atoms with van der Waals surface area (Å²) in [6.45, 7) is 2.23. The van der Waals surface area contributed by atoms with E-state index in [0.29, 0.717) is 17.8 Å². The van der Waals surface area contributed by atoms with Gasteiger partial charge in [-0.2, -0.15) is 4.68 Å². The Morgan fingerprint density at radius 1 is 0.729 bits per heavy atom. The van der Waals surface area contributed by atoms with Crippen molar-refractivity contribution in [2.45, 2.75) is 84.0 Å². The van der Waals surface area contributed by atoms with Crippen LogP contribution < -0.4 is 20.9 Å². The van der Waals surface area contributed by atoms with Crippen LogP contribution in [0.15, 0.2) is 71.5 Å². The second-order valence-electron chi connectivity index (χ2n) is 11.5. The number of halogens is 4. The third kappa shape index (κ3) is 10.8. The molecule has 2 N–H and O–H groups in total. The van der Waals surface area contributed by atoms with Gasteiger partial charge in [-0.15, -0.1) is 0 Å². The quantitative estimate of drug-likeness (QED) is 0.105. The average Bonchev–Trinajstić information content (AvgIpc) is 3.36. The Balaban J connectivity index is 1.46. The molecule has 0 spiro atoms. The van der Waals surface area contributed by atoms with E-state index in [1.807, 2.05) is 0 Å². The van der Waals surface area contributed by atoms with Gasteiger partial charge in [0.25, 0.3) is 5.56 Å². The van der Waals surface area contributed by atoms with Gasteiger partial charge < -0.3 is 15.4 Å². The molecule has 0 atom stereocenters. The van der Waals surface area contributed by atoms with Crippen molar-refractivity contribution in [1.82, 2.24) is 9.36 Å². The zero-order valence-electron chi connectivity index (χ0n) is 26.9. The van der Waals surface area contributed by atoms with Gasteiger partial charge >= 0.3 is 6.09 Å². The maximum absolute atomic E-state index is 13.6. The topological polar surface area (TPSA) is 94.4 Å². The number of benzene rings is 3. The van der Waals surface area contributed by atoms with Crippen LogP contribution in [0.1, 0.15) is 84.0 Å². The Hall–Kier alpha value is -3.43. The Morgan fingerprint density at radius 3 is 1.96 bits per heavy atom. The van der Waals surface area contributed by atoms with E-state index in [2.05, 4.69) is 17.6 Å². The van der Waals surface area contributed by atoms with E-state index in [1.54, 1.807) is 48.5 Å². The van der Waals surface area contributed by atoms with Gasteiger partial charge in [-0.05, 0) is 48.9 Å². The first-order valence-electron chi connectivity index (χ1n) is 16.3. The Kier molecular flexibility index (Phi) is 14.8. The van der Waals surface area contributed by atoms with Crippen molar-refractivity contribution in [3.05, 3.63) is 97.2 Å². The molecule has 0 saturated heterocycles. The zero-order valence-corrected chi connectivity index (χ0v) is 29.9. The molecule has 48 heavy (non-hydrogen) atoms. The molecule has 0 saturated carbocycles. The fraction of sp³-hybridized carbons (Fsp3) is 0.361. The van der Waals surface area contributed by atoms with Crippen molar-refractivity contribution < 1.29 is 14.3 Å². The Morgan fingerprint density at radius 2 is 1.33 bits per heavy atom. The minimum Gasteiger partial charge on any atom is -0.409 e. The van der Waals surface area contributed by atoms with E-state index >= 15 is 0 Å². The highest BCUT2D eigenvalue weighted by Crippen LogP contribution is 2.34. The summed E-state index contributed by atoms with van der Waals surface area (Å²) in [5.41, 5.74) is 0.219. The van der Waals surface area contributed by atoms with Crippen LogP contribution in [-0.2, 0) is 4.79 Å². The van der Waals surface area contributed by atoms with Gasteiger partial charge in [0.05, 0.1) is 20.8 Å². The molecule has 1 aromatic heterocycles. The van der Waals surface area contributed by atoms with Crippen LogP contribution in [0.25, 0.3) is 5.69 Å². The minimum atomic E-state index is -0.930. The van der Waals surface area contributed by atoms with Crippen molar-refractivity contribution in [3.8, 4) is 11.4 Å². The number of carbonyl (C=O) groups excluding carboxylic acids is 2. The number of hydrogen-bond acceptors (Lipinski definition) is 5. The first-order chi connectivity index (χ1) is 23.2. The van der Waals surface area contributed by atoms with Crippen LogP contribution in [0, 0.1) is 0 Å². The van der Waals surface area contributed by atoms with Crippen LogP contribution in [0.2, 0.25) is 20.1 Å². The second-order valence-corrected chi connectivity index (χ2v) is 13.2. The summed E-state index contributed by atoms with van der Waals surface area (Å²) < 4.78 is 7.53. The number of nitrogens with one attached hydrogen (secondary N) is 2. The third-order valence-corrected chi connectivity index (χ3v) is 8.86. The largest absolute Gasteiger partial charge is 0.440 e. The van der Waals surface area contributed by atoms with E-state index in [9.17, 15) is 14.4 Å². The maximum atomic E-state index is 13.6. The van der Waals surface area contributed by atoms with Gasteiger partial charge in [-0.25, -0.2) is 9.48 Å². The lowest BCUT2D eigenvalue weighted by molar-refractivity contribution is -0.116. The molecule has 256 valence electrons. The number of aromatic nitrogens is 2. The first kappa shape index (κ1) is 37.4. The minimum absolute atomic E-state index is 0.00866. The van der Waals surface area contributed by atoms with Crippen LogP contribution in [0.3, 0.4) is 0 Å². The van der Waals surface area contributed by atoms with Crippen molar-refractivity contribution in [3.63, 3.8) is 0 Å². The molecule has 1 amide bonds. The smallest absolute Gasteiger partial charge is 0.409 e. The normalized spacial score (nSPS) is 11.0. The molecular weight excluding hydrogens is 694 g/mol. The molecule has 0 radical (unpaired) electrons. The molecule has 3 aromatic carbocycles. The molecule has 4 aromatic rings. The average molecular weight is 735 g/mol. The molecule has 8 nitrogen and oxygen atoms in total. The van der Waals surface area contributed by atoms with Crippen molar-refractivity contribution in [2.75, 3.05) is 10.6 Å². The maximum Gasteiger partial charge on any atom is 0.440 e. The molecule has 4 rings (SSSR count). The van der Waals surface area contributed by atoms with E-state index in [4.69, 9.17) is 51.1 Å². The molecule has 0 aliphatic heterocycles. The summed E-state index contributed by atoms with van der Waals surface area (Å²) >= 11 is 25.5. The SMILES string of the molecule is CCCCCCCCCCCCCC(=O)Nc1ccc(Cl)c(Nc2cc(=O)n(-c3c(Cl)cc(Cl)cc3Cl)n2C(=O)Oc2ccccc2)c1. The number of para-hydroxylation sites is 1. The summed E-state index contributed by atoms with van der Waals surface area (Å²) in [6, 6.07) is 17.3. The molecule has 1 heterocycles. The number of anilines is 3. The lowest BCUT2D eigenvalue weighted by atomic mass is 10.1. The van der Waals surface area contributed by atoms with Crippen molar-refractivity contribution in [2.24, 2.45) is 0 Å². The molecule has 0 unspecified atom stereocenters. The highest BCUT2D eigenvalue weighted by Gasteiger charge is 2.25. The molecule has 0 aliphatic rings. The zero-order chi connectivity index (χ0) is 34.5. The molecule has 12 heteroatoms. The highest BCUT2D eigenvalue weighted by atomic mass is 35.5. The van der Waals surface area contributed by atoms with Crippen LogP contribution in [0.4, 0.5) is 22.0 Å². The van der Waals surface area contributed by atoms with Gasteiger partial charge in [0, 0.05) is 23.2 Å². The van der Waals surface area contributed by atoms with Gasteiger partial charge in [-0.1, -0.05) is 136 Å². The Bertz CT molecular complexity index is 1720. The number of ether oxygens (including phenoxy) is 1. The van der Waals surface area contributed by atoms with Crippen LogP contribution >= 0.6 is 46.4 Å². The van der Waals surface area contributed by atoms with Gasteiger partial charge in [0.1, 0.15) is 17.3 Å². The van der Waals surface area contributed by atoms with E-state index in [1.165, 1.54) is 69.6 Å². The lowest BCUT2D eigenvalue weighted by Gasteiger charge is -2.17. The highest BCUT2D eigenvalue weighted by molar-refractivity contribution is 6.40. The summed E-state index contributed by atoms with van der Waals surface area (Å²) in [4.78, 5) is 39.7. The fourth-order valence-electron chi connectivity index (χ4n) is 5.30. The van der Waals surface area contributed by atoms with Crippen molar-refractivity contribution in [1.29, 1.82) is 0 Å². The lowest BCUT2D eigenvalue weighted by Crippen LogP contribution is -2.29. The number of nitrogens with zero attached hydrogens (tertiary/aromatic N) is 2. The van der Waals surface area contributed by atoms with Gasteiger partial charge in [0.15, 0.2) is 0 Å². The summed E-state index contributed by atoms with van der Waals surface area (Å²) in [7, 11) is 0. The van der Waals surface area contributed by atoms with E-state index in [0.717, 1.165) is 28.6 Å². The summed E-state index contributed by atoms with van der Waals surface area (Å²) in [5, 5.41) is 6.55. The summed E-state index contributed by atoms with van der Waals surface area (Å²) in [5.74, 6) is 0.144. The molecule has 0 bridgehead atoms. The molecule has 0 fully saturated rings. The molecule has 0 aliphatic carbocycles. The number of carbonyl (C=O) groups is 2. The predicted octanol–water partition coefficient (Wildman–Crippen LogP) is 11.7. The fourth-order valence-corrected chi connectivity index (χ4v) is 6.45.